The molecule has 1 atom stereocenters. The molecule has 1 aromatic carbocycles. The number of aryl methyl sites for hydroxylation is 1. The molecule has 1 aliphatic heterocycles. The molecule has 142 valence electrons. The van der Waals surface area contributed by atoms with E-state index in [9.17, 15) is 19.5 Å². The summed E-state index contributed by atoms with van der Waals surface area (Å²) in [6, 6.07) is 8.87. The number of anilines is 1. The monoisotopic (exact) mass is 389 g/mol. The van der Waals surface area contributed by atoms with Crippen molar-refractivity contribution in [3.8, 4) is 0 Å². The molecule has 0 saturated carbocycles. The fraction of sp³-hybridized carbons (Fsp3) is 0.333. The van der Waals surface area contributed by atoms with Crippen LogP contribution in [-0.4, -0.2) is 51.0 Å². The summed E-state index contributed by atoms with van der Waals surface area (Å²) < 4.78 is 4.87. The second-order valence-corrected chi connectivity index (χ2v) is 7.21. The first-order valence-electron chi connectivity index (χ1n) is 8.33. The maximum absolute atomic E-state index is 12.5. The molecule has 8 nitrogen and oxygen atoms in total. The van der Waals surface area contributed by atoms with Gasteiger partial charge in [-0.05, 0) is 18.1 Å². The number of carboxylic acid groups (broad SMARTS) is 1. The van der Waals surface area contributed by atoms with Crippen LogP contribution in [0.3, 0.4) is 0 Å². The van der Waals surface area contributed by atoms with Gasteiger partial charge in [0.2, 0.25) is 11.8 Å². The van der Waals surface area contributed by atoms with E-state index in [2.05, 4.69) is 10.5 Å². The molecular weight excluding hydrogens is 370 g/mol. The number of hydrogen-bond donors (Lipinski definition) is 2. The highest BCUT2D eigenvalue weighted by Gasteiger charge is 2.32. The van der Waals surface area contributed by atoms with Crippen LogP contribution in [0.5, 0.6) is 0 Å². The van der Waals surface area contributed by atoms with Gasteiger partial charge in [0.25, 0.3) is 0 Å². The van der Waals surface area contributed by atoms with Crippen molar-refractivity contribution >= 4 is 35.4 Å². The largest absolute Gasteiger partial charge is 0.481 e. The second kappa shape index (κ2) is 8.26. The van der Waals surface area contributed by atoms with Crippen molar-refractivity contribution in [1.82, 2.24) is 10.1 Å². The zero-order valence-electron chi connectivity index (χ0n) is 14.7. The Balaban J connectivity index is 1.52. The van der Waals surface area contributed by atoms with Gasteiger partial charge < -0.3 is 19.8 Å². The molecule has 0 fully saturated rings. The lowest BCUT2D eigenvalue weighted by Gasteiger charge is -2.32. The number of amides is 2. The first-order valence-corrected chi connectivity index (χ1v) is 9.49. The highest BCUT2D eigenvalue weighted by atomic mass is 32.2. The van der Waals surface area contributed by atoms with E-state index in [-0.39, 0.29) is 29.9 Å². The van der Waals surface area contributed by atoms with Gasteiger partial charge in [-0.15, -0.1) is 11.8 Å². The SMILES string of the molecule is Cc1cc(NC(=O)CSCC(=O)N2Cc3ccccc3C(C(=O)O)C2)no1. The van der Waals surface area contributed by atoms with Crippen molar-refractivity contribution in [2.75, 3.05) is 23.4 Å². The Kier molecular flexibility index (Phi) is 5.80. The number of aromatic nitrogens is 1. The van der Waals surface area contributed by atoms with E-state index in [1.54, 1.807) is 25.1 Å². The van der Waals surface area contributed by atoms with Crippen molar-refractivity contribution in [3.63, 3.8) is 0 Å². The third-order valence-corrected chi connectivity index (χ3v) is 5.12. The molecule has 2 amide bonds. The summed E-state index contributed by atoms with van der Waals surface area (Å²) in [5.74, 6) is -1.05. The number of aliphatic carboxylic acids is 1. The number of hydrogen-bond acceptors (Lipinski definition) is 6. The van der Waals surface area contributed by atoms with Gasteiger partial charge in [-0.25, -0.2) is 0 Å². The average molecular weight is 389 g/mol. The fourth-order valence-electron chi connectivity index (χ4n) is 2.93. The molecule has 1 aromatic heterocycles. The van der Waals surface area contributed by atoms with Gasteiger partial charge in [-0.1, -0.05) is 29.4 Å². The van der Waals surface area contributed by atoms with Crippen LogP contribution < -0.4 is 5.32 Å². The van der Waals surface area contributed by atoms with Gasteiger partial charge in [-0.2, -0.15) is 0 Å². The molecule has 1 unspecified atom stereocenters. The van der Waals surface area contributed by atoms with Gasteiger partial charge in [0.05, 0.1) is 17.4 Å². The predicted octanol–water partition coefficient (Wildman–Crippen LogP) is 1.87. The Bertz CT molecular complexity index is 866. The van der Waals surface area contributed by atoms with E-state index in [1.807, 2.05) is 12.1 Å². The number of benzene rings is 1. The van der Waals surface area contributed by atoms with Crippen molar-refractivity contribution in [1.29, 1.82) is 0 Å². The minimum Gasteiger partial charge on any atom is -0.481 e. The number of carbonyl (C=O) groups excluding carboxylic acids is 2. The molecule has 0 spiro atoms. The molecule has 1 aliphatic rings. The topological polar surface area (TPSA) is 113 Å². The minimum absolute atomic E-state index is 0.0877. The molecule has 2 aromatic rings. The summed E-state index contributed by atoms with van der Waals surface area (Å²) >= 11 is 1.17. The summed E-state index contributed by atoms with van der Waals surface area (Å²) in [7, 11) is 0. The molecule has 0 bridgehead atoms. The first kappa shape index (κ1) is 19.0. The van der Waals surface area contributed by atoms with Gasteiger partial charge in [0.15, 0.2) is 5.82 Å². The Morgan fingerprint density at radius 3 is 2.81 bits per heavy atom. The number of nitrogens with zero attached hydrogens (tertiary/aromatic N) is 2. The standard InChI is InChI=1S/C18H19N3O5S/c1-11-6-15(20-26-11)19-16(22)9-27-10-17(23)21-7-12-4-2-3-5-13(12)14(8-21)18(24)25/h2-6,14H,7-10H2,1H3,(H,24,25)(H,19,20,22). The zero-order chi connectivity index (χ0) is 19.4. The molecule has 3 rings (SSSR count). The van der Waals surface area contributed by atoms with E-state index in [4.69, 9.17) is 4.52 Å². The number of carbonyl (C=O) groups is 3. The number of thioether (sulfide) groups is 1. The van der Waals surface area contributed by atoms with Crippen LogP contribution in [0.2, 0.25) is 0 Å². The van der Waals surface area contributed by atoms with E-state index in [1.165, 1.54) is 16.7 Å². The Morgan fingerprint density at radius 2 is 2.11 bits per heavy atom. The summed E-state index contributed by atoms with van der Waals surface area (Å²) in [5.41, 5.74) is 1.60. The third kappa shape index (κ3) is 4.68. The highest BCUT2D eigenvalue weighted by Crippen LogP contribution is 2.28. The number of carboxylic acids is 1. The molecular formula is C18H19N3O5S. The maximum Gasteiger partial charge on any atom is 0.312 e. The minimum atomic E-state index is -0.949. The van der Waals surface area contributed by atoms with E-state index >= 15 is 0 Å². The van der Waals surface area contributed by atoms with Gasteiger partial charge >= 0.3 is 5.97 Å². The molecule has 0 radical (unpaired) electrons. The maximum atomic E-state index is 12.5. The molecule has 27 heavy (non-hydrogen) atoms. The number of nitrogens with one attached hydrogen (secondary N) is 1. The Hall–Kier alpha value is -2.81. The van der Waals surface area contributed by atoms with Crippen LogP contribution in [0.15, 0.2) is 34.9 Å². The van der Waals surface area contributed by atoms with Crippen molar-refractivity contribution in [3.05, 3.63) is 47.2 Å². The zero-order valence-corrected chi connectivity index (χ0v) is 15.5. The quantitative estimate of drug-likeness (QED) is 0.775. The van der Waals surface area contributed by atoms with Crippen LogP contribution in [0.4, 0.5) is 5.82 Å². The summed E-state index contributed by atoms with van der Waals surface area (Å²) in [6.45, 7) is 2.23. The van der Waals surface area contributed by atoms with Crippen LogP contribution >= 0.6 is 11.8 Å². The highest BCUT2D eigenvalue weighted by molar-refractivity contribution is 8.00. The van der Waals surface area contributed by atoms with Crippen LogP contribution in [-0.2, 0) is 20.9 Å². The van der Waals surface area contributed by atoms with Gasteiger partial charge in [0.1, 0.15) is 5.76 Å². The lowest BCUT2D eigenvalue weighted by molar-refractivity contribution is -0.141. The normalized spacial score (nSPS) is 15.9. The summed E-state index contributed by atoms with van der Waals surface area (Å²) in [5, 5.41) is 15.7. The smallest absolute Gasteiger partial charge is 0.312 e. The predicted molar refractivity (Wildman–Crippen MR) is 99.4 cm³/mol. The number of rotatable bonds is 6. The first-order chi connectivity index (χ1) is 12.9. The van der Waals surface area contributed by atoms with E-state index in [0.717, 1.165) is 11.1 Å². The molecule has 0 saturated heterocycles. The molecule has 2 N–H and O–H groups in total. The fourth-order valence-corrected chi connectivity index (χ4v) is 3.65. The van der Waals surface area contributed by atoms with E-state index in [0.29, 0.717) is 18.1 Å². The van der Waals surface area contributed by atoms with Crippen LogP contribution in [0, 0.1) is 6.92 Å². The Morgan fingerprint density at radius 1 is 1.33 bits per heavy atom. The lowest BCUT2D eigenvalue weighted by Crippen LogP contribution is -2.41. The molecule has 2 heterocycles. The van der Waals surface area contributed by atoms with Crippen molar-refractivity contribution in [2.45, 2.75) is 19.4 Å². The van der Waals surface area contributed by atoms with E-state index < -0.39 is 11.9 Å². The summed E-state index contributed by atoms with van der Waals surface area (Å²) in [4.78, 5) is 37.4. The molecule has 9 heteroatoms. The second-order valence-electron chi connectivity index (χ2n) is 6.23. The van der Waals surface area contributed by atoms with Crippen molar-refractivity contribution < 1.29 is 24.0 Å². The lowest BCUT2D eigenvalue weighted by atomic mass is 9.90. The summed E-state index contributed by atoms with van der Waals surface area (Å²) in [6.07, 6.45) is 0. The third-order valence-electron chi connectivity index (χ3n) is 4.20. The number of fused-ring (bicyclic) bond motifs is 1. The van der Waals surface area contributed by atoms with Crippen LogP contribution in [0.25, 0.3) is 0 Å². The Labute approximate surface area is 159 Å². The van der Waals surface area contributed by atoms with Crippen LogP contribution in [0.1, 0.15) is 22.8 Å². The van der Waals surface area contributed by atoms with Gasteiger partial charge in [-0.3, -0.25) is 14.4 Å². The van der Waals surface area contributed by atoms with Gasteiger partial charge in [0, 0.05) is 19.2 Å². The average Bonchev–Trinajstić information content (AvgIpc) is 3.05. The van der Waals surface area contributed by atoms with Crippen molar-refractivity contribution in [2.24, 2.45) is 0 Å². The molecule has 0 aliphatic carbocycles.